The summed E-state index contributed by atoms with van der Waals surface area (Å²) in [5.74, 6) is -0.0640. The van der Waals surface area contributed by atoms with Gasteiger partial charge in [0.2, 0.25) is 0 Å². The van der Waals surface area contributed by atoms with Crippen LogP contribution in [0.3, 0.4) is 0 Å². The topological polar surface area (TPSA) is 54.0 Å². The minimum atomic E-state index is -0.0640. The van der Waals surface area contributed by atoms with Crippen molar-refractivity contribution < 1.29 is 4.79 Å². The fourth-order valence-electron chi connectivity index (χ4n) is 2.37. The van der Waals surface area contributed by atoms with E-state index >= 15 is 0 Å². The quantitative estimate of drug-likeness (QED) is 0.855. The van der Waals surface area contributed by atoms with E-state index in [1.54, 1.807) is 24.5 Å². The number of benzene rings is 1. The first-order valence-corrected chi connectivity index (χ1v) is 6.34. The monoisotopic (exact) mass is 253 g/mol. The van der Waals surface area contributed by atoms with Crippen LogP contribution in [0.1, 0.15) is 27.5 Å². The van der Waals surface area contributed by atoms with Crippen molar-refractivity contribution in [2.24, 2.45) is 0 Å². The number of fused-ring (bicyclic) bond motifs is 1. The Labute approximate surface area is 111 Å². The van der Waals surface area contributed by atoms with Gasteiger partial charge in [0.15, 0.2) is 0 Å². The number of carbonyl (C=O) groups is 1. The molecule has 2 N–H and O–H groups in total. The highest BCUT2D eigenvalue weighted by atomic mass is 16.1. The van der Waals surface area contributed by atoms with Gasteiger partial charge in [-0.05, 0) is 23.3 Å². The van der Waals surface area contributed by atoms with Crippen molar-refractivity contribution in [1.82, 2.24) is 15.6 Å². The zero-order chi connectivity index (χ0) is 13.1. The lowest BCUT2D eigenvalue weighted by atomic mass is 9.96. The van der Waals surface area contributed by atoms with E-state index < -0.39 is 0 Å². The summed E-state index contributed by atoms with van der Waals surface area (Å²) in [6, 6.07) is 11.7. The first kappa shape index (κ1) is 11.9. The van der Waals surface area contributed by atoms with E-state index in [4.69, 9.17) is 0 Å². The van der Waals surface area contributed by atoms with Gasteiger partial charge in [-0.15, -0.1) is 0 Å². The maximum absolute atomic E-state index is 12.2. The van der Waals surface area contributed by atoms with E-state index in [1.807, 2.05) is 12.1 Å². The number of hydrogen-bond acceptors (Lipinski definition) is 3. The number of rotatable bonds is 2. The predicted octanol–water partition coefficient (Wildman–Crippen LogP) is 1.66. The molecule has 1 aromatic carbocycles. The first-order chi connectivity index (χ1) is 9.34. The molecule has 1 aliphatic heterocycles. The molecule has 0 saturated carbocycles. The Morgan fingerprint density at radius 3 is 2.84 bits per heavy atom. The Balaban J connectivity index is 1.80. The van der Waals surface area contributed by atoms with Crippen LogP contribution in [0.5, 0.6) is 0 Å². The third kappa shape index (κ3) is 2.48. The molecule has 0 fully saturated rings. The molecule has 0 saturated heterocycles. The highest BCUT2D eigenvalue weighted by molar-refractivity contribution is 5.94. The molecule has 2 aromatic rings. The average Bonchev–Trinajstić information content (AvgIpc) is 2.48. The zero-order valence-corrected chi connectivity index (χ0v) is 10.5. The molecule has 2 heterocycles. The predicted molar refractivity (Wildman–Crippen MR) is 72.6 cm³/mol. The number of nitrogens with one attached hydrogen (secondary N) is 2. The van der Waals surface area contributed by atoms with Crippen molar-refractivity contribution in [3.05, 3.63) is 65.5 Å². The number of amides is 1. The zero-order valence-electron chi connectivity index (χ0n) is 10.5. The molecule has 4 nitrogen and oxygen atoms in total. The molecule has 1 amide bonds. The summed E-state index contributed by atoms with van der Waals surface area (Å²) in [7, 11) is 0. The molecule has 19 heavy (non-hydrogen) atoms. The number of hydrogen-bond donors (Lipinski definition) is 2. The van der Waals surface area contributed by atoms with E-state index in [2.05, 4.69) is 27.8 Å². The molecule has 0 radical (unpaired) electrons. The van der Waals surface area contributed by atoms with Gasteiger partial charge in [0.1, 0.15) is 0 Å². The van der Waals surface area contributed by atoms with Crippen LogP contribution in [0.2, 0.25) is 0 Å². The number of carbonyl (C=O) groups excluding carboxylic acids is 1. The normalized spacial score (nSPS) is 17.6. The van der Waals surface area contributed by atoms with Crippen LogP contribution in [0.15, 0.2) is 48.8 Å². The van der Waals surface area contributed by atoms with Crippen LogP contribution in [0.4, 0.5) is 0 Å². The highest BCUT2D eigenvalue weighted by Gasteiger charge is 2.21. The van der Waals surface area contributed by atoms with Gasteiger partial charge >= 0.3 is 0 Å². The minimum absolute atomic E-state index is 0.0191. The Hall–Kier alpha value is -2.20. The summed E-state index contributed by atoms with van der Waals surface area (Å²) in [6.45, 7) is 1.62. The lowest BCUT2D eigenvalue weighted by molar-refractivity contribution is 0.0934. The van der Waals surface area contributed by atoms with Crippen LogP contribution >= 0.6 is 0 Å². The molecule has 1 atom stereocenters. The molecule has 3 rings (SSSR count). The molecule has 1 unspecified atom stereocenters. The van der Waals surface area contributed by atoms with E-state index in [1.165, 1.54) is 11.1 Å². The van der Waals surface area contributed by atoms with Gasteiger partial charge < -0.3 is 10.6 Å². The van der Waals surface area contributed by atoms with Gasteiger partial charge in [0, 0.05) is 31.0 Å². The van der Waals surface area contributed by atoms with Crippen LogP contribution in [-0.4, -0.2) is 17.4 Å². The van der Waals surface area contributed by atoms with Crippen molar-refractivity contribution in [3.8, 4) is 0 Å². The third-order valence-electron chi connectivity index (χ3n) is 3.34. The fraction of sp³-hybridized carbons (Fsp3) is 0.200. The van der Waals surface area contributed by atoms with Crippen molar-refractivity contribution in [2.45, 2.75) is 12.6 Å². The second-order valence-electron chi connectivity index (χ2n) is 4.59. The summed E-state index contributed by atoms with van der Waals surface area (Å²) in [6.07, 6.45) is 3.25. The standard InChI is InChI=1S/C15H15N3O/c19-15(11-5-7-16-8-6-11)18-14-10-17-9-12-3-1-2-4-13(12)14/h1-8,14,17H,9-10H2,(H,18,19). The molecular formula is C15H15N3O. The fourth-order valence-corrected chi connectivity index (χ4v) is 2.37. The van der Waals surface area contributed by atoms with Gasteiger partial charge in [-0.2, -0.15) is 0 Å². The van der Waals surface area contributed by atoms with Gasteiger partial charge in [-0.1, -0.05) is 24.3 Å². The Kier molecular flexibility index (Phi) is 3.25. The SMILES string of the molecule is O=C(NC1CNCc2ccccc21)c1ccncc1. The van der Waals surface area contributed by atoms with Crippen LogP contribution in [-0.2, 0) is 6.54 Å². The molecular weight excluding hydrogens is 238 g/mol. The van der Waals surface area contributed by atoms with Crippen LogP contribution in [0.25, 0.3) is 0 Å². The number of aromatic nitrogens is 1. The molecule has 96 valence electrons. The summed E-state index contributed by atoms with van der Waals surface area (Å²) in [5, 5.41) is 6.38. The summed E-state index contributed by atoms with van der Waals surface area (Å²) >= 11 is 0. The maximum Gasteiger partial charge on any atom is 0.251 e. The van der Waals surface area contributed by atoms with Gasteiger partial charge in [-0.3, -0.25) is 9.78 Å². The molecule has 1 aliphatic rings. The van der Waals surface area contributed by atoms with E-state index in [0.29, 0.717) is 5.56 Å². The molecule has 1 aromatic heterocycles. The van der Waals surface area contributed by atoms with E-state index in [-0.39, 0.29) is 11.9 Å². The van der Waals surface area contributed by atoms with E-state index in [0.717, 1.165) is 13.1 Å². The summed E-state index contributed by atoms with van der Waals surface area (Å²) in [5.41, 5.74) is 3.08. The lowest BCUT2D eigenvalue weighted by Gasteiger charge is -2.27. The molecule has 0 aliphatic carbocycles. The Morgan fingerprint density at radius 2 is 2.00 bits per heavy atom. The molecule has 0 bridgehead atoms. The van der Waals surface area contributed by atoms with E-state index in [9.17, 15) is 4.79 Å². The van der Waals surface area contributed by atoms with Gasteiger partial charge in [0.05, 0.1) is 6.04 Å². The van der Waals surface area contributed by atoms with Crippen molar-refractivity contribution in [2.75, 3.05) is 6.54 Å². The summed E-state index contributed by atoms with van der Waals surface area (Å²) in [4.78, 5) is 16.1. The Morgan fingerprint density at radius 1 is 1.21 bits per heavy atom. The third-order valence-corrected chi connectivity index (χ3v) is 3.34. The summed E-state index contributed by atoms with van der Waals surface area (Å²) < 4.78 is 0. The minimum Gasteiger partial charge on any atom is -0.344 e. The van der Waals surface area contributed by atoms with Crippen LogP contribution in [0, 0.1) is 0 Å². The second kappa shape index (κ2) is 5.20. The van der Waals surface area contributed by atoms with Gasteiger partial charge in [-0.25, -0.2) is 0 Å². The molecule has 4 heteroatoms. The average molecular weight is 253 g/mol. The maximum atomic E-state index is 12.2. The number of nitrogens with zero attached hydrogens (tertiary/aromatic N) is 1. The van der Waals surface area contributed by atoms with Crippen molar-refractivity contribution in [3.63, 3.8) is 0 Å². The smallest absolute Gasteiger partial charge is 0.251 e. The number of pyridine rings is 1. The highest BCUT2D eigenvalue weighted by Crippen LogP contribution is 2.21. The Bertz CT molecular complexity index is 583. The van der Waals surface area contributed by atoms with Crippen molar-refractivity contribution in [1.29, 1.82) is 0 Å². The first-order valence-electron chi connectivity index (χ1n) is 6.34. The van der Waals surface area contributed by atoms with Gasteiger partial charge in [0.25, 0.3) is 5.91 Å². The van der Waals surface area contributed by atoms with Crippen LogP contribution < -0.4 is 10.6 Å². The molecule has 0 spiro atoms. The lowest BCUT2D eigenvalue weighted by Crippen LogP contribution is -2.39. The van der Waals surface area contributed by atoms with Crippen molar-refractivity contribution >= 4 is 5.91 Å². The largest absolute Gasteiger partial charge is 0.344 e. The second-order valence-corrected chi connectivity index (χ2v) is 4.59.